The van der Waals surface area contributed by atoms with Crippen LogP contribution in [0.5, 0.6) is 11.5 Å². The molecule has 2 saturated heterocycles. The zero-order valence-electron chi connectivity index (χ0n) is 63.2. The van der Waals surface area contributed by atoms with Gasteiger partial charge in [-0.1, -0.05) is 143 Å². The molecule has 3 atom stereocenters. The van der Waals surface area contributed by atoms with Crippen LogP contribution in [-0.4, -0.2) is 153 Å². The smallest absolute Gasteiger partial charge is 0.793 e. The molecule has 2 N–H and O–H groups in total. The molecule has 2 aliphatic rings. The summed E-state index contributed by atoms with van der Waals surface area (Å²) < 4.78 is 15.1. The molecular weight excluding hydrogens is 1480 g/mol. The second-order valence-electron chi connectivity index (χ2n) is 24.9. The molecule has 2 fully saturated rings. The molecule has 0 spiro atoms. The van der Waals surface area contributed by atoms with Gasteiger partial charge in [0, 0.05) is 96.8 Å². The number of carbonyl (C=O) groups excluding carboxylic acids is 5. The first-order valence-electron chi connectivity index (χ1n) is 35.6. The van der Waals surface area contributed by atoms with E-state index in [4.69, 9.17) is 55.9 Å². The van der Waals surface area contributed by atoms with E-state index < -0.39 is 17.9 Å². The average molecular weight is 1580 g/mol. The Morgan fingerprint density at radius 3 is 1.18 bits per heavy atom. The van der Waals surface area contributed by atoms with Crippen LogP contribution in [0.25, 0.3) is 0 Å². The monoisotopic (exact) mass is 1570 g/mol. The minimum absolute atomic E-state index is 0. The molecule has 3 unspecified atom stereocenters. The maximum atomic E-state index is 11.9. The molecule has 19 nitrogen and oxygen atoms in total. The Bertz CT molecular complexity index is 4060. The normalized spacial score (nSPS) is 13.3. The number of pyridine rings is 4. The van der Waals surface area contributed by atoms with Gasteiger partial charge in [-0.05, 0) is 229 Å². The molecule has 6 aromatic carbocycles. The van der Waals surface area contributed by atoms with E-state index in [1.165, 1.54) is 25.3 Å². The third-order valence-electron chi connectivity index (χ3n) is 16.9. The molecule has 0 aliphatic carbocycles. The van der Waals surface area contributed by atoms with E-state index in [1.54, 1.807) is 61.1 Å². The fourth-order valence-electron chi connectivity index (χ4n) is 11.4. The number of rotatable bonds is 22. The van der Waals surface area contributed by atoms with E-state index in [1.807, 2.05) is 184 Å². The molecule has 12 rings (SSSR count). The number of carbonyl (C=O) groups is 5. The summed E-state index contributed by atoms with van der Waals surface area (Å²) in [6, 6.07) is 74.1. The molecule has 25 heteroatoms. The topological polar surface area (TPSA) is 217 Å². The number of benzene rings is 6. The summed E-state index contributed by atoms with van der Waals surface area (Å²) >= 11 is 23.6. The Balaban J connectivity index is 0.000000243. The van der Waals surface area contributed by atoms with Crippen molar-refractivity contribution in [1.82, 2.24) is 45.3 Å². The SMILES string of the molecule is CC(=O)OOC(C)=O.CN(CC1CCN(CCOc2ccccc2)CC1)C(c1ccc(Cl)cc1)c1ccccn1.CNC(c1ccc(Cl)cc1)c1ccccn1.CNC(c1ccc(Cl)cc1)c1ccccn1.O=C(c1ccc(Cl)cc1)c1ccccn1.O=CC1CCN(CCOc2ccccc2)CC1.[B-]OC(C)=O.[Na+]. The Morgan fingerprint density at radius 1 is 0.482 bits per heavy atom. The summed E-state index contributed by atoms with van der Waals surface area (Å²) in [6.45, 7) is 12.3. The van der Waals surface area contributed by atoms with Crippen molar-refractivity contribution in [2.24, 2.45) is 11.8 Å². The van der Waals surface area contributed by atoms with Gasteiger partial charge in [-0.2, -0.15) is 0 Å². The van der Waals surface area contributed by atoms with Gasteiger partial charge in [0.25, 0.3) is 0 Å². The number of likely N-dealkylation sites (tertiary alicyclic amines) is 2. The summed E-state index contributed by atoms with van der Waals surface area (Å²) in [5.74, 6) is 1.01. The number of aromatic nitrogens is 4. The van der Waals surface area contributed by atoms with Crippen LogP contribution in [0.1, 0.15) is 114 Å². The number of hydrogen-bond donors (Lipinski definition) is 2. The van der Waals surface area contributed by atoms with Crippen molar-refractivity contribution in [3.63, 3.8) is 0 Å². The van der Waals surface area contributed by atoms with Crippen molar-refractivity contribution < 1.29 is 77.4 Å². The van der Waals surface area contributed by atoms with E-state index in [0.29, 0.717) is 22.2 Å². The Labute approximate surface area is 690 Å². The minimum Gasteiger partial charge on any atom is -0.793 e. The standard InChI is InChI=1S/C27H32ClN3O.C14H19NO2.2C13H13ClN2.C12H8ClNO.C4H6O4.C2H3BO2.Na/c1-30(27(26-9-5-6-16-29-26)23-10-12-24(28)13-11-23)21-22-14-17-31(18-15-22)19-20-32-25-7-3-2-4-8-25;16-12-13-6-8-15(9-7-13)10-11-17-14-4-2-1-3-5-14;2*1-15-13(12-4-2-3-9-16-12)10-5-7-11(14)8-6-10;13-10-6-4-9(5-7-10)12(15)11-3-1-2-8-14-11;1-3(5)7-8-4(2)6;1-2(4)5-3;/h2-13,16,22,27H,14-15,17-21H2,1H3;1-5,12-13H,6-11H2;2*2-9,13,15H,1H3;1-8H;1-2H3;1H3;/q;;;;;;-1;+1. The van der Waals surface area contributed by atoms with E-state index in [2.05, 4.69) is 99.1 Å². The molecule has 3 radical (unpaired) electrons. The minimum atomic E-state index is -0.639. The number of nitrogens with one attached hydrogen (secondary N) is 2. The number of para-hydroxylation sites is 2. The summed E-state index contributed by atoms with van der Waals surface area (Å²) in [5, 5.41) is 9.38. The first-order chi connectivity index (χ1) is 52.9. The van der Waals surface area contributed by atoms with Crippen LogP contribution in [0, 0.1) is 11.8 Å². The number of aldehydes is 1. The van der Waals surface area contributed by atoms with Crippen molar-refractivity contribution in [3.05, 3.63) is 320 Å². The molecule has 571 valence electrons. The predicted octanol–water partition coefficient (Wildman–Crippen LogP) is 13.2. The first kappa shape index (κ1) is 91.9. The van der Waals surface area contributed by atoms with Gasteiger partial charge in [0.15, 0.2) is 0 Å². The van der Waals surface area contributed by atoms with Gasteiger partial charge in [-0.15, -0.1) is 0 Å². The van der Waals surface area contributed by atoms with Gasteiger partial charge >= 0.3 is 41.5 Å². The molecule has 0 saturated carbocycles. The molecule has 110 heavy (non-hydrogen) atoms. The number of piperidine rings is 2. The second-order valence-corrected chi connectivity index (χ2v) is 26.7. The van der Waals surface area contributed by atoms with Gasteiger partial charge in [0.1, 0.15) is 36.7 Å². The van der Waals surface area contributed by atoms with Gasteiger partial charge in [0.05, 0.1) is 35.2 Å². The zero-order valence-corrected chi connectivity index (χ0v) is 68.2. The largest absolute Gasteiger partial charge is 1.00 e. The molecule has 10 aromatic rings. The first-order valence-corrected chi connectivity index (χ1v) is 37.1. The van der Waals surface area contributed by atoms with Crippen LogP contribution in [0.4, 0.5) is 0 Å². The van der Waals surface area contributed by atoms with Crippen LogP contribution >= 0.6 is 46.4 Å². The van der Waals surface area contributed by atoms with E-state index in [0.717, 1.165) is 147 Å². The van der Waals surface area contributed by atoms with E-state index in [9.17, 15) is 24.0 Å². The maximum Gasteiger partial charge on any atom is 1.00 e. The molecular formula is C85H94BCl4N9NaO10. The predicted molar refractivity (Wildman–Crippen MR) is 432 cm³/mol. The molecule has 2 aliphatic heterocycles. The molecule has 4 aromatic heterocycles. The molecule has 6 heterocycles. The van der Waals surface area contributed by atoms with Crippen molar-refractivity contribution in [3.8, 4) is 11.5 Å². The second kappa shape index (κ2) is 53.2. The van der Waals surface area contributed by atoms with Gasteiger partial charge < -0.3 is 37.6 Å². The van der Waals surface area contributed by atoms with Crippen molar-refractivity contribution in [1.29, 1.82) is 0 Å². The Morgan fingerprint density at radius 2 is 0.836 bits per heavy atom. The Kier molecular flexibility index (Phi) is 44.5. The van der Waals surface area contributed by atoms with Gasteiger partial charge in [0.2, 0.25) is 11.8 Å². The van der Waals surface area contributed by atoms with Crippen LogP contribution in [0.2, 0.25) is 20.1 Å². The maximum absolute atomic E-state index is 11.9. The van der Waals surface area contributed by atoms with Crippen molar-refractivity contribution in [2.45, 2.75) is 64.6 Å². The molecule has 0 bridgehead atoms. The zero-order chi connectivity index (χ0) is 78.4. The van der Waals surface area contributed by atoms with Crippen molar-refractivity contribution >= 4 is 84.4 Å². The fourth-order valence-corrected chi connectivity index (χ4v) is 11.9. The number of hydrogen-bond acceptors (Lipinski definition) is 19. The van der Waals surface area contributed by atoms with E-state index in [-0.39, 0.29) is 59.4 Å². The number of nitrogens with zero attached hydrogens (tertiary/aromatic N) is 7. The number of ketones is 1. The third-order valence-corrected chi connectivity index (χ3v) is 17.9. The van der Waals surface area contributed by atoms with E-state index >= 15 is 0 Å². The van der Waals surface area contributed by atoms with Crippen LogP contribution in [-0.2, 0) is 33.6 Å². The third kappa shape index (κ3) is 35.5. The van der Waals surface area contributed by atoms with Crippen LogP contribution in [0.3, 0.4) is 0 Å². The van der Waals surface area contributed by atoms with Gasteiger partial charge in [-0.25, -0.2) is 19.4 Å². The number of halogens is 4. The Hall–Kier alpha value is -8.71. The average Bonchev–Trinajstić information content (AvgIpc) is 0.829. The van der Waals surface area contributed by atoms with Gasteiger partial charge in [-0.3, -0.25) is 44.2 Å². The summed E-state index contributed by atoms with van der Waals surface area (Å²) in [6.07, 6.45) is 12.6. The van der Waals surface area contributed by atoms with Crippen LogP contribution in [0.15, 0.2) is 255 Å². The fraction of sp³-hybridized carbons (Fsp3) is 0.282. The van der Waals surface area contributed by atoms with Crippen molar-refractivity contribution in [2.75, 3.05) is 80.2 Å². The molecule has 0 amide bonds. The summed E-state index contributed by atoms with van der Waals surface area (Å²) in [7, 11) is 10.4. The van der Waals surface area contributed by atoms with Crippen LogP contribution < -0.4 is 49.7 Å². The number of ether oxygens (including phenoxy) is 2. The quantitative estimate of drug-likeness (QED) is 0.0212. The summed E-state index contributed by atoms with van der Waals surface area (Å²) in [5.41, 5.74) is 7.67. The summed E-state index contributed by atoms with van der Waals surface area (Å²) in [4.78, 5) is 84.0.